The molecule has 0 atom stereocenters. The summed E-state index contributed by atoms with van der Waals surface area (Å²) in [7, 11) is -0.588. The number of ether oxygens (including phenoxy) is 1. The van der Waals surface area contributed by atoms with E-state index in [4.69, 9.17) is 14.0 Å². The van der Waals surface area contributed by atoms with Gasteiger partial charge in [0.1, 0.15) is 5.69 Å². The fraction of sp³-hybridized carbons (Fsp3) is 0.526. The molecule has 0 aromatic carbocycles. The number of carbonyl (C=O) groups excluding carboxylic acids is 2. The molecule has 8 heteroatoms. The van der Waals surface area contributed by atoms with Crippen LogP contribution >= 0.6 is 11.8 Å². The van der Waals surface area contributed by atoms with Crippen molar-refractivity contribution in [2.75, 3.05) is 12.4 Å². The van der Waals surface area contributed by atoms with Crippen LogP contribution in [-0.4, -0.2) is 46.7 Å². The first-order valence-electron chi connectivity index (χ1n) is 8.89. The Hall–Kier alpha value is -1.64. The Balaban J connectivity index is 2.33. The van der Waals surface area contributed by atoms with Crippen molar-refractivity contribution in [2.45, 2.75) is 52.7 Å². The molecule has 2 rings (SSSR count). The van der Waals surface area contributed by atoms with Crippen molar-refractivity contribution in [3.63, 3.8) is 0 Å². The topological polar surface area (TPSA) is 74.7 Å². The highest BCUT2D eigenvalue weighted by Crippen LogP contribution is 2.39. The van der Waals surface area contributed by atoms with Gasteiger partial charge in [-0.05, 0) is 58.3 Å². The van der Waals surface area contributed by atoms with Crippen LogP contribution in [0, 0.1) is 0 Å². The van der Waals surface area contributed by atoms with Gasteiger partial charge in [-0.3, -0.25) is 4.79 Å². The molecule has 0 spiro atoms. The summed E-state index contributed by atoms with van der Waals surface area (Å²) in [6.45, 7) is 11.5. The van der Waals surface area contributed by atoms with Crippen LogP contribution in [0.1, 0.15) is 57.7 Å². The van der Waals surface area contributed by atoms with Crippen molar-refractivity contribution >= 4 is 36.0 Å². The summed E-state index contributed by atoms with van der Waals surface area (Å²) >= 11 is 1.18. The first-order chi connectivity index (χ1) is 12.6. The molecule has 6 nitrogen and oxygen atoms in total. The number of carbonyl (C=O) groups is 2. The van der Waals surface area contributed by atoms with Crippen molar-refractivity contribution in [1.29, 1.82) is 0 Å². The van der Waals surface area contributed by atoms with E-state index < -0.39 is 24.3 Å². The molecule has 0 saturated carbocycles. The number of aromatic nitrogens is 1. The van der Waals surface area contributed by atoms with Gasteiger partial charge in [-0.15, -0.1) is 0 Å². The zero-order valence-electron chi connectivity index (χ0n) is 16.7. The monoisotopic (exact) mass is 391 g/mol. The Kier molecular flexibility index (Phi) is 6.89. The van der Waals surface area contributed by atoms with Crippen LogP contribution in [-0.2, 0) is 18.8 Å². The maximum Gasteiger partial charge on any atom is 0.491 e. The molecule has 1 saturated heterocycles. The van der Waals surface area contributed by atoms with Gasteiger partial charge in [-0.25, -0.2) is 9.78 Å². The minimum atomic E-state index is -0.588. The Morgan fingerprint density at radius 3 is 2.41 bits per heavy atom. The lowest BCUT2D eigenvalue weighted by atomic mass is 9.78. The van der Waals surface area contributed by atoms with Crippen molar-refractivity contribution < 1.29 is 23.6 Å². The molecule has 0 N–H and O–H groups in total. The molecule has 0 aliphatic carbocycles. The third-order valence-electron chi connectivity index (χ3n) is 4.59. The second-order valence-electron chi connectivity index (χ2n) is 7.26. The van der Waals surface area contributed by atoms with E-state index in [1.54, 1.807) is 31.2 Å². The van der Waals surface area contributed by atoms with E-state index >= 15 is 0 Å². The highest BCUT2D eigenvalue weighted by atomic mass is 32.2. The van der Waals surface area contributed by atoms with Gasteiger partial charge in [0.2, 0.25) is 0 Å². The maximum atomic E-state index is 11.9. The molecule has 1 aromatic rings. The van der Waals surface area contributed by atoms with E-state index in [9.17, 15) is 9.59 Å². The van der Waals surface area contributed by atoms with E-state index in [1.165, 1.54) is 18.7 Å². The standard InChI is InChI=1S/C19H26BNO5S/c1-7-24-17(23)16-10-8-9-15(21-16)11-14(12-27-13(2)22)20-25-18(3,4)19(5,6)26-20/h8-11H,7,12H2,1-6H3. The van der Waals surface area contributed by atoms with Crippen LogP contribution in [0.4, 0.5) is 0 Å². The van der Waals surface area contributed by atoms with Gasteiger partial charge < -0.3 is 14.0 Å². The predicted octanol–water partition coefficient (Wildman–Crippen LogP) is 3.55. The number of rotatable bonds is 6. The maximum absolute atomic E-state index is 11.9. The molecule has 1 aromatic heterocycles. The third kappa shape index (κ3) is 5.43. The Bertz CT molecular complexity index is 731. The average molecular weight is 391 g/mol. The second-order valence-corrected chi connectivity index (χ2v) is 8.41. The fourth-order valence-corrected chi connectivity index (χ4v) is 2.99. The van der Waals surface area contributed by atoms with Gasteiger partial charge >= 0.3 is 13.1 Å². The largest absolute Gasteiger partial charge is 0.491 e. The number of nitrogens with zero attached hydrogens (tertiary/aromatic N) is 1. The number of hydrogen-bond acceptors (Lipinski definition) is 7. The van der Waals surface area contributed by atoms with Gasteiger partial charge in [0, 0.05) is 12.7 Å². The Morgan fingerprint density at radius 1 is 1.22 bits per heavy atom. The van der Waals surface area contributed by atoms with Gasteiger partial charge in [-0.1, -0.05) is 17.8 Å². The first-order valence-corrected chi connectivity index (χ1v) is 9.88. The predicted molar refractivity (Wildman–Crippen MR) is 107 cm³/mol. The van der Waals surface area contributed by atoms with Crippen LogP contribution in [0.2, 0.25) is 0 Å². The number of pyridine rings is 1. The van der Waals surface area contributed by atoms with Crippen LogP contribution in [0.3, 0.4) is 0 Å². The minimum Gasteiger partial charge on any atom is -0.461 e. The zero-order chi connectivity index (χ0) is 20.2. The summed E-state index contributed by atoms with van der Waals surface area (Å²) in [6.07, 6.45) is 1.81. The lowest BCUT2D eigenvalue weighted by Crippen LogP contribution is -2.41. The van der Waals surface area contributed by atoms with Crippen LogP contribution in [0.15, 0.2) is 23.7 Å². The molecule has 1 aliphatic heterocycles. The molecular weight excluding hydrogens is 365 g/mol. The summed E-state index contributed by atoms with van der Waals surface area (Å²) in [4.78, 5) is 27.7. The van der Waals surface area contributed by atoms with Crippen molar-refractivity contribution in [1.82, 2.24) is 4.98 Å². The molecule has 146 valence electrons. The second kappa shape index (κ2) is 8.58. The smallest absolute Gasteiger partial charge is 0.461 e. The normalized spacial score (nSPS) is 18.4. The molecule has 1 fully saturated rings. The average Bonchev–Trinajstić information content (AvgIpc) is 2.79. The van der Waals surface area contributed by atoms with E-state index in [-0.39, 0.29) is 17.4 Å². The van der Waals surface area contributed by atoms with E-state index in [1.807, 2.05) is 27.7 Å². The summed E-state index contributed by atoms with van der Waals surface area (Å²) < 4.78 is 17.2. The molecule has 27 heavy (non-hydrogen) atoms. The third-order valence-corrected chi connectivity index (χ3v) is 5.47. The van der Waals surface area contributed by atoms with Gasteiger partial charge in [-0.2, -0.15) is 0 Å². The van der Waals surface area contributed by atoms with Crippen molar-refractivity contribution in [2.24, 2.45) is 0 Å². The minimum absolute atomic E-state index is 0.00523. The van der Waals surface area contributed by atoms with Crippen molar-refractivity contribution in [3.05, 3.63) is 35.1 Å². The lowest BCUT2D eigenvalue weighted by molar-refractivity contribution is -0.109. The molecule has 2 heterocycles. The number of thioether (sulfide) groups is 1. The number of hydrogen-bond donors (Lipinski definition) is 0. The molecule has 0 bridgehead atoms. The van der Waals surface area contributed by atoms with Crippen LogP contribution in [0.25, 0.3) is 6.08 Å². The molecule has 1 aliphatic rings. The number of esters is 1. The highest BCUT2D eigenvalue weighted by molar-refractivity contribution is 8.13. The summed E-state index contributed by atoms with van der Waals surface area (Å²) in [6, 6.07) is 5.13. The van der Waals surface area contributed by atoms with E-state index in [0.29, 0.717) is 11.4 Å². The van der Waals surface area contributed by atoms with E-state index in [2.05, 4.69) is 4.98 Å². The molecule has 0 radical (unpaired) electrons. The quantitative estimate of drug-likeness (QED) is 0.542. The lowest BCUT2D eigenvalue weighted by Gasteiger charge is -2.32. The molecule has 0 unspecified atom stereocenters. The highest BCUT2D eigenvalue weighted by Gasteiger charge is 2.52. The Labute approximate surface area is 165 Å². The van der Waals surface area contributed by atoms with Crippen LogP contribution in [0.5, 0.6) is 0 Å². The fourth-order valence-electron chi connectivity index (χ4n) is 2.40. The molecular formula is C19H26BNO5S. The van der Waals surface area contributed by atoms with E-state index in [0.717, 1.165) is 5.47 Å². The SMILES string of the molecule is CCOC(=O)c1cccc(C=C(CSC(C)=O)B2OC(C)(C)C(C)(C)O2)n1. The zero-order valence-corrected chi connectivity index (χ0v) is 17.5. The summed E-state index contributed by atoms with van der Waals surface area (Å²) in [5, 5.41) is 0.00523. The first kappa shape index (κ1) is 21.7. The summed E-state index contributed by atoms with van der Waals surface area (Å²) in [5.41, 5.74) is 0.616. The molecule has 0 amide bonds. The van der Waals surface area contributed by atoms with Gasteiger partial charge in [0.25, 0.3) is 0 Å². The van der Waals surface area contributed by atoms with Crippen molar-refractivity contribution in [3.8, 4) is 0 Å². The van der Waals surface area contributed by atoms with Crippen LogP contribution < -0.4 is 0 Å². The van der Waals surface area contributed by atoms with Gasteiger partial charge in [0.05, 0.1) is 23.5 Å². The van der Waals surface area contributed by atoms with Gasteiger partial charge in [0.15, 0.2) is 5.12 Å². The Morgan fingerprint density at radius 2 is 1.85 bits per heavy atom. The summed E-state index contributed by atoms with van der Waals surface area (Å²) in [5.74, 6) is -0.0552.